The van der Waals surface area contributed by atoms with Gasteiger partial charge in [0.05, 0.1) is 33.6 Å². The first kappa shape index (κ1) is 22.7. The Morgan fingerprint density at radius 1 is 1.17 bits per heavy atom. The van der Waals surface area contributed by atoms with Gasteiger partial charge >= 0.3 is 0 Å². The predicted molar refractivity (Wildman–Crippen MR) is 118 cm³/mol. The largest absolute Gasteiger partial charge is 0.493 e. The highest BCUT2D eigenvalue weighted by molar-refractivity contribution is 7.99. The number of nitrogens with zero attached hydrogens (tertiary/aromatic N) is 1. The third kappa shape index (κ3) is 5.59. The molecule has 2 aliphatic heterocycles. The van der Waals surface area contributed by atoms with Crippen LogP contribution in [0.5, 0.6) is 11.5 Å². The minimum Gasteiger partial charge on any atom is -0.493 e. The summed E-state index contributed by atoms with van der Waals surface area (Å²) in [7, 11) is 3.40. The van der Waals surface area contributed by atoms with Crippen molar-refractivity contribution in [1.29, 1.82) is 0 Å². The van der Waals surface area contributed by atoms with E-state index in [4.69, 9.17) is 14.2 Å². The number of fused-ring (bicyclic) bond motifs is 3. The lowest BCUT2D eigenvalue weighted by Gasteiger charge is -2.47. The molecule has 0 aliphatic carbocycles. The first-order valence-electron chi connectivity index (χ1n) is 10.8. The normalized spacial score (nSPS) is 24.3. The van der Waals surface area contributed by atoms with E-state index >= 15 is 0 Å². The quantitative estimate of drug-likeness (QED) is 0.505. The molecule has 29 heavy (non-hydrogen) atoms. The van der Waals surface area contributed by atoms with Crippen LogP contribution >= 0.6 is 11.8 Å². The van der Waals surface area contributed by atoms with Crippen molar-refractivity contribution in [3.63, 3.8) is 0 Å². The third-order valence-electron chi connectivity index (χ3n) is 6.12. The van der Waals surface area contributed by atoms with Crippen molar-refractivity contribution in [2.45, 2.75) is 45.3 Å². The number of benzene rings is 1. The number of rotatable bonds is 10. The van der Waals surface area contributed by atoms with Crippen molar-refractivity contribution >= 4 is 11.8 Å². The minimum absolute atomic E-state index is 0.253. The Bertz CT molecular complexity index is 657. The highest BCUT2D eigenvalue weighted by Gasteiger charge is 2.40. The van der Waals surface area contributed by atoms with Crippen LogP contribution in [0.15, 0.2) is 12.1 Å². The molecule has 1 saturated heterocycles. The Hall–Kier alpha value is -0.980. The van der Waals surface area contributed by atoms with Crippen LogP contribution in [0.4, 0.5) is 4.39 Å². The number of alkyl halides is 1. The molecule has 2 aliphatic rings. The lowest BCUT2D eigenvalue weighted by Crippen LogP contribution is -2.49. The fraction of sp³-hybridized carbons (Fsp3) is 0.739. The minimum atomic E-state index is -0.261. The van der Waals surface area contributed by atoms with E-state index in [1.165, 1.54) is 17.5 Å². The van der Waals surface area contributed by atoms with Crippen LogP contribution in [0.25, 0.3) is 0 Å². The van der Waals surface area contributed by atoms with E-state index in [0.717, 1.165) is 43.2 Å². The van der Waals surface area contributed by atoms with Gasteiger partial charge in [-0.3, -0.25) is 9.29 Å². The number of hydrogen-bond donors (Lipinski definition) is 0. The van der Waals surface area contributed by atoms with Crippen LogP contribution in [0, 0.1) is 11.8 Å². The number of halogens is 1. The zero-order chi connectivity index (χ0) is 20.8. The van der Waals surface area contributed by atoms with Crippen molar-refractivity contribution in [2.75, 3.05) is 52.1 Å². The van der Waals surface area contributed by atoms with Crippen LogP contribution in [0.1, 0.15) is 43.9 Å². The van der Waals surface area contributed by atoms with E-state index in [1.807, 2.05) is 0 Å². The van der Waals surface area contributed by atoms with Crippen molar-refractivity contribution in [3.8, 4) is 11.5 Å². The zero-order valence-electron chi connectivity index (χ0n) is 18.3. The monoisotopic (exact) mass is 425 g/mol. The summed E-state index contributed by atoms with van der Waals surface area (Å²) in [6, 6.07) is 4.68. The standard InChI is InChI=1S/C23H36FNO3S/c1-16(2)11-18-15-25-7-5-17-12-22(26-3)23(27-4)13-19(17)20(25)14-21(18)28-8-10-29-9-6-24/h12-13,16,18,20-21H,5-11,14-15H2,1-4H3/t18-,20-,21-/m1/s1. The van der Waals surface area contributed by atoms with Gasteiger partial charge < -0.3 is 14.2 Å². The average Bonchev–Trinajstić information content (AvgIpc) is 2.72. The molecule has 0 spiro atoms. The number of ether oxygens (including phenoxy) is 3. The number of piperidine rings is 1. The van der Waals surface area contributed by atoms with Crippen LogP contribution in [-0.2, 0) is 11.2 Å². The van der Waals surface area contributed by atoms with Crippen molar-refractivity contribution < 1.29 is 18.6 Å². The van der Waals surface area contributed by atoms with Crippen LogP contribution in [-0.4, -0.2) is 63.1 Å². The second-order valence-electron chi connectivity index (χ2n) is 8.50. The summed E-state index contributed by atoms with van der Waals surface area (Å²) in [6.07, 6.45) is 3.49. The highest BCUT2D eigenvalue weighted by Crippen LogP contribution is 2.44. The second kappa shape index (κ2) is 10.9. The zero-order valence-corrected chi connectivity index (χ0v) is 19.1. The Labute approximate surface area is 179 Å². The van der Waals surface area contributed by atoms with Gasteiger partial charge in [0.1, 0.15) is 0 Å². The molecular weight excluding hydrogens is 389 g/mol. The van der Waals surface area contributed by atoms with E-state index in [0.29, 0.717) is 30.2 Å². The Kier molecular flexibility index (Phi) is 8.51. The molecule has 0 bridgehead atoms. The molecule has 6 heteroatoms. The average molecular weight is 426 g/mol. The van der Waals surface area contributed by atoms with E-state index in [-0.39, 0.29) is 12.8 Å². The van der Waals surface area contributed by atoms with Crippen molar-refractivity contribution in [3.05, 3.63) is 23.3 Å². The molecule has 1 aromatic rings. The molecule has 0 saturated carbocycles. The molecule has 164 valence electrons. The molecule has 2 heterocycles. The first-order chi connectivity index (χ1) is 14.1. The molecule has 0 amide bonds. The van der Waals surface area contributed by atoms with Gasteiger partial charge in [-0.05, 0) is 54.4 Å². The molecular formula is C23H36FNO3S. The van der Waals surface area contributed by atoms with E-state index < -0.39 is 0 Å². The summed E-state index contributed by atoms with van der Waals surface area (Å²) in [6.45, 7) is 7.20. The summed E-state index contributed by atoms with van der Waals surface area (Å²) < 4.78 is 29.8. The van der Waals surface area contributed by atoms with Gasteiger partial charge in [0.15, 0.2) is 11.5 Å². The molecule has 0 radical (unpaired) electrons. The summed E-state index contributed by atoms with van der Waals surface area (Å²) >= 11 is 1.64. The number of hydrogen-bond acceptors (Lipinski definition) is 5. The summed E-state index contributed by atoms with van der Waals surface area (Å²) in [5, 5.41) is 0. The Morgan fingerprint density at radius 2 is 1.93 bits per heavy atom. The predicted octanol–water partition coefficient (Wildman–Crippen LogP) is 4.76. The molecule has 1 fully saturated rings. The van der Waals surface area contributed by atoms with Crippen molar-refractivity contribution in [1.82, 2.24) is 4.90 Å². The van der Waals surface area contributed by atoms with Gasteiger partial charge in [0.25, 0.3) is 0 Å². The van der Waals surface area contributed by atoms with Gasteiger partial charge in [-0.15, -0.1) is 0 Å². The van der Waals surface area contributed by atoms with Gasteiger partial charge in [0.2, 0.25) is 0 Å². The summed E-state index contributed by atoms with van der Waals surface area (Å²) in [5.41, 5.74) is 2.72. The highest BCUT2D eigenvalue weighted by atomic mass is 32.2. The summed E-state index contributed by atoms with van der Waals surface area (Å²) in [5.74, 6) is 4.26. The van der Waals surface area contributed by atoms with E-state index in [9.17, 15) is 4.39 Å². The van der Waals surface area contributed by atoms with Crippen LogP contribution in [0.3, 0.4) is 0 Å². The maximum atomic E-state index is 12.3. The Balaban J connectivity index is 1.76. The fourth-order valence-electron chi connectivity index (χ4n) is 4.86. The molecule has 3 atom stereocenters. The third-order valence-corrected chi connectivity index (χ3v) is 7.02. The maximum Gasteiger partial charge on any atom is 0.161 e. The van der Waals surface area contributed by atoms with E-state index in [1.54, 1.807) is 26.0 Å². The van der Waals surface area contributed by atoms with E-state index in [2.05, 4.69) is 30.9 Å². The molecule has 0 N–H and O–H groups in total. The number of methoxy groups -OCH3 is 2. The maximum absolute atomic E-state index is 12.3. The van der Waals surface area contributed by atoms with Gasteiger partial charge in [-0.1, -0.05) is 13.8 Å². The molecule has 3 rings (SSSR count). The molecule has 1 aromatic carbocycles. The smallest absolute Gasteiger partial charge is 0.161 e. The molecule has 4 nitrogen and oxygen atoms in total. The Morgan fingerprint density at radius 3 is 2.62 bits per heavy atom. The van der Waals surface area contributed by atoms with Gasteiger partial charge in [-0.25, -0.2) is 0 Å². The topological polar surface area (TPSA) is 30.9 Å². The lowest BCUT2D eigenvalue weighted by atomic mass is 9.79. The molecule has 0 unspecified atom stereocenters. The second-order valence-corrected chi connectivity index (χ2v) is 9.73. The number of thioether (sulfide) groups is 1. The summed E-state index contributed by atoms with van der Waals surface area (Å²) in [4.78, 5) is 2.64. The lowest BCUT2D eigenvalue weighted by molar-refractivity contribution is -0.0590. The van der Waals surface area contributed by atoms with Crippen LogP contribution in [0.2, 0.25) is 0 Å². The van der Waals surface area contributed by atoms with Gasteiger partial charge in [-0.2, -0.15) is 11.8 Å². The molecule has 0 aromatic heterocycles. The fourth-order valence-corrected chi connectivity index (χ4v) is 5.38. The van der Waals surface area contributed by atoms with Crippen molar-refractivity contribution in [2.24, 2.45) is 11.8 Å². The SMILES string of the molecule is COc1cc2c(cc1OC)[C@H]1C[C@@H](OCCSCCF)[C@H](CC(C)C)CN1CC2. The van der Waals surface area contributed by atoms with Crippen LogP contribution < -0.4 is 9.47 Å². The first-order valence-corrected chi connectivity index (χ1v) is 12.0. The van der Waals surface area contributed by atoms with Gasteiger partial charge in [0, 0.05) is 30.6 Å².